The predicted molar refractivity (Wildman–Crippen MR) is 159 cm³/mol. The summed E-state index contributed by atoms with van der Waals surface area (Å²) in [6.07, 6.45) is 4.05. The maximum Gasteiger partial charge on any atom is 0.418 e. The molecule has 4 aromatic rings. The van der Waals surface area contributed by atoms with Crippen LogP contribution in [0, 0.1) is 5.92 Å². The lowest BCUT2D eigenvalue weighted by atomic mass is 9.86. The van der Waals surface area contributed by atoms with Gasteiger partial charge >= 0.3 is 6.18 Å². The molecule has 16 heteroatoms. The average Bonchev–Trinajstić information content (AvgIpc) is 3.78. The van der Waals surface area contributed by atoms with Gasteiger partial charge in [-0.15, -0.1) is 0 Å². The summed E-state index contributed by atoms with van der Waals surface area (Å²) in [6.45, 7) is 0.0835. The molecule has 238 valence electrons. The van der Waals surface area contributed by atoms with Crippen LogP contribution in [0.15, 0.2) is 55.2 Å². The molecule has 2 fully saturated rings. The van der Waals surface area contributed by atoms with Crippen molar-refractivity contribution in [3.8, 4) is 22.6 Å². The molecule has 4 heterocycles. The normalized spacial score (nSPS) is 19.7. The summed E-state index contributed by atoms with van der Waals surface area (Å²) in [5, 5.41) is 29.5. The van der Waals surface area contributed by atoms with Crippen molar-refractivity contribution >= 4 is 27.3 Å². The molecule has 6 rings (SSSR count). The fourth-order valence-electron chi connectivity index (χ4n) is 5.35. The van der Waals surface area contributed by atoms with Gasteiger partial charge in [-0.2, -0.15) is 22.4 Å². The number of alkyl halides is 3. The number of nitrogens with one attached hydrogen (secondary N) is 2. The van der Waals surface area contributed by atoms with Gasteiger partial charge in [-0.1, -0.05) is 12.5 Å². The van der Waals surface area contributed by atoms with Gasteiger partial charge in [-0.05, 0) is 50.2 Å². The Balaban J connectivity index is 1.27. The maximum absolute atomic E-state index is 13.0. The molecule has 0 amide bonds. The Hall–Kier alpha value is -4.15. The molecule has 45 heavy (non-hydrogen) atoms. The molecule has 0 aromatic carbocycles. The van der Waals surface area contributed by atoms with E-state index in [0.29, 0.717) is 47.0 Å². The molecule has 0 bridgehead atoms. The van der Waals surface area contributed by atoms with Crippen molar-refractivity contribution in [2.24, 2.45) is 5.92 Å². The number of pyridine rings is 2. The molecule has 3 atom stereocenters. The molecule has 0 saturated heterocycles. The fraction of sp³-hybridized carbons (Fsp3) is 0.414. The molecule has 0 radical (unpaired) electrons. The summed E-state index contributed by atoms with van der Waals surface area (Å²) < 4.78 is 65.0. The lowest BCUT2D eigenvalue weighted by molar-refractivity contribution is -0.206. The SMILES string of the molecule is O=S(=O)(C1CC1)n1cc(-c2nccc(Nc3cc(N[C@H]4CCC[C@H](CO)C4)c(-c4ccc(C(O)C(F)(F)F)cn4)cn3)n2)cn1. The summed E-state index contributed by atoms with van der Waals surface area (Å²) in [7, 11) is -3.54. The number of anilines is 3. The van der Waals surface area contributed by atoms with Crippen LogP contribution in [0.4, 0.5) is 30.5 Å². The van der Waals surface area contributed by atoms with E-state index in [1.54, 1.807) is 12.1 Å². The zero-order valence-electron chi connectivity index (χ0n) is 23.9. The fourth-order valence-corrected chi connectivity index (χ4v) is 6.82. The molecule has 4 aromatic heterocycles. The number of hydrogen-bond donors (Lipinski definition) is 4. The van der Waals surface area contributed by atoms with Crippen LogP contribution in [-0.4, -0.2) is 71.8 Å². The summed E-state index contributed by atoms with van der Waals surface area (Å²) in [5.41, 5.74) is 1.56. The van der Waals surface area contributed by atoms with E-state index >= 15 is 0 Å². The lowest BCUT2D eigenvalue weighted by Gasteiger charge is -2.30. The number of aliphatic hydroxyl groups excluding tert-OH is 2. The minimum absolute atomic E-state index is 0.0327. The molecule has 0 spiro atoms. The molecule has 4 N–H and O–H groups in total. The van der Waals surface area contributed by atoms with Crippen molar-refractivity contribution in [3.63, 3.8) is 0 Å². The number of hydrogen-bond acceptors (Lipinski definition) is 11. The van der Waals surface area contributed by atoms with Crippen LogP contribution in [0.3, 0.4) is 0 Å². The van der Waals surface area contributed by atoms with Crippen LogP contribution in [0.2, 0.25) is 0 Å². The summed E-state index contributed by atoms with van der Waals surface area (Å²) in [5.74, 6) is 1.19. The highest BCUT2D eigenvalue weighted by atomic mass is 32.2. The summed E-state index contributed by atoms with van der Waals surface area (Å²) in [4.78, 5) is 17.4. The third-order valence-electron chi connectivity index (χ3n) is 7.93. The van der Waals surface area contributed by atoms with Crippen LogP contribution in [0.25, 0.3) is 22.6 Å². The first kappa shape index (κ1) is 30.9. The number of rotatable bonds is 10. The first-order valence-corrected chi connectivity index (χ1v) is 16.0. The Labute approximate surface area is 256 Å². The van der Waals surface area contributed by atoms with Crippen LogP contribution < -0.4 is 10.6 Å². The van der Waals surface area contributed by atoms with Crippen molar-refractivity contribution < 1.29 is 31.8 Å². The van der Waals surface area contributed by atoms with Gasteiger partial charge in [-0.25, -0.2) is 23.4 Å². The first-order valence-electron chi connectivity index (χ1n) is 14.5. The summed E-state index contributed by atoms with van der Waals surface area (Å²) in [6, 6.07) is 5.97. The highest BCUT2D eigenvalue weighted by Crippen LogP contribution is 2.36. The Morgan fingerprint density at radius 3 is 2.56 bits per heavy atom. The number of nitrogens with zero attached hydrogens (tertiary/aromatic N) is 6. The van der Waals surface area contributed by atoms with E-state index in [-0.39, 0.29) is 30.0 Å². The largest absolute Gasteiger partial charge is 0.418 e. The van der Waals surface area contributed by atoms with Gasteiger partial charge in [0.15, 0.2) is 11.9 Å². The van der Waals surface area contributed by atoms with Crippen molar-refractivity contribution in [1.82, 2.24) is 29.1 Å². The zero-order chi connectivity index (χ0) is 31.8. The van der Waals surface area contributed by atoms with Crippen molar-refractivity contribution in [3.05, 3.63) is 60.8 Å². The van der Waals surface area contributed by atoms with Gasteiger partial charge in [0.05, 0.1) is 28.9 Å². The van der Waals surface area contributed by atoms with Crippen LogP contribution in [0.5, 0.6) is 0 Å². The Morgan fingerprint density at radius 2 is 1.84 bits per heavy atom. The van der Waals surface area contributed by atoms with E-state index in [1.165, 1.54) is 36.9 Å². The number of aromatic nitrogens is 6. The van der Waals surface area contributed by atoms with Crippen molar-refractivity contribution in [1.29, 1.82) is 0 Å². The Bertz CT molecular complexity index is 1760. The molecule has 2 saturated carbocycles. The topological polar surface area (TPSA) is 168 Å². The lowest BCUT2D eigenvalue weighted by Crippen LogP contribution is -2.29. The first-order chi connectivity index (χ1) is 21.5. The standard InChI is InChI=1S/C29H31F3N8O4S/c30-29(31,32)27(42)18-4-7-23(34-12-18)22-14-35-26(11-24(22)37-20-3-1-2-17(10-20)16-41)38-25-8-9-33-28(39-25)19-13-36-40(15-19)45(43,44)21-5-6-21/h4,7-9,11-15,17,20-21,27,41-42H,1-3,5-6,10,16H2,(H2,33,35,37,38,39)/t17-,20-,27?/m0/s1. The van der Waals surface area contributed by atoms with Gasteiger partial charge in [0, 0.05) is 54.1 Å². The minimum Gasteiger partial charge on any atom is -0.396 e. The highest BCUT2D eigenvalue weighted by Gasteiger charge is 2.40. The van der Waals surface area contributed by atoms with Crippen molar-refractivity contribution in [2.75, 3.05) is 17.2 Å². The molecular formula is C29H31F3N8O4S. The van der Waals surface area contributed by atoms with Crippen molar-refractivity contribution in [2.45, 2.75) is 62.1 Å². The molecule has 0 aliphatic heterocycles. The third-order valence-corrected chi connectivity index (χ3v) is 9.96. The second kappa shape index (κ2) is 12.3. The predicted octanol–water partition coefficient (Wildman–Crippen LogP) is 4.44. The van der Waals surface area contributed by atoms with E-state index in [0.717, 1.165) is 36.0 Å². The zero-order valence-corrected chi connectivity index (χ0v) is 24.7. The Kier molecular flexibility index (Phi) is 8.45. The molecular weight excluding hydrogens is 613 g/mol. The van der Waals surface area contributed by atoms with Crippen LogP contribution in [0.1, 0.15) is 50.2 Å². The average molecular weight is 645 g/mol. The van der Waals surface area contributed by atoms with Gasteiger partial charge in [0.25, 0.3) is 10.0 Å². The quantitative estimate of drug-likeness (QED) is 0.193. The minimum atomic E-state index is -4.81. The van der Waals surface area contributed by atoms with Gasteiger partial charge in [0.1, 0.15) is 11.6 Å². The van der Waals surface area contributed by atoms with E-state index in [2.05, 4.69) is 35.7 Å². The van der Waals surface area contributed by atoms with Gasteiger partial charge in [0.2, 0.25) is 0 Å². The molecule has 2 aliphatic rings. The highest BCUT2D eigenvalue weighted by molar-refractivity contribution is 7.90. The monoisotopic (exact) mass is 644 g/mol. The van der Waals surface area contributed by atoms with E-state index in [1.807, 2.05) is 0 Å². The van der Waals surface area contributed by atoms with E-state index < -0.39 is 27.6 Å². The van der Waals surface area contributed by atoms with Gasteiger partial charge in [-0.3, -0.25) is 4.98 Å². The molecule has 1 unspecified atom stereocenters. The van der Waals surface area contributed by atoms with E-state index in [4.69, 9.17) is 0 Å². The molecule has 12 nitrogen and oxygen atoms in total. The number of halogens is 3. The Morgan fingerprint density at radius 1 is 1.02 bits per heavy atom. The van der Waals surface area contributed by atoms with Crippen LogP contribution >= 0.6 is 0 Å². The van der Waals surface area contributed by atoms with E-state index in [9.17, 15) is 31.8 Å². The summed E-state index contributed by atoms with van der Waals surface area (Å²) >= 11 is 0. The third kappa shape index (κ3) is 6.92. The second-order valence-corrected chi connectivity index (χ2v) is 13.4. The number of aliphatic hydroxyl groups is 2. The second-order valence-electron chi connectivity index (χ2n) is 11.3. The smallest absolute Gasteiger partial charge is 0.396 e. The van der Waals surface area contributed by atoms with Crippen LogP contribution in [-0.2, 0) is 10.0 Å². The molecule has 2 aliphatic carbocycles. The van der Waals surface area contributed by atoms with Gasteiger partial charge < -0.3 is 20.8 Å². The maximum atomic E-state index is 13.0.